The second-order valence-corrected chi connectivity index (χ2v) is 29.5. The zero-order valence-electron chi connectivity index (χ0n) is 64.5. The van der Waals surface area contributed by atoms with Crippen molar-refractivity contribution < 1.29 is 0 Å². The highest BCUT2D eigenvalue weighted by atomic mass is 14.8. The highest BCUT2D eigenvalue weighted by molar-refractivity contribution is 5.84. The van der Waals surface area contributed by atoms with Gasteiger partial charge >= 0.3 is 0 Å². The van der Waals surface area contributed by atoms with Crippen LogP contribution in [0.4, 0.5) is 0 Å². The van der Waals surface area contributed by atoms with Crippen molar-refractivity contribution in [2.24, 2.45) is 0 Å². The largest absolute Gasteiger partial charge is 0.261 e. The van der Waals surface area contributed by atoms with Crippen LogP contribution >= 0.6 is 0 Å². The van der Waals surface area contributed by atoms with E-state index >= 15 is 0 Å². The van der Waals surface area contributed by atoms with Crippen LogP contribution in [0.15, 0.2) is 73.6 Å². The number of rotatable bonds is 0. The topological polar surface area (TPSA) is 155 Å². The molecule has 12 nitrogen and oxygen atoms in total. The van der Waals surface area contributed by atoms with Crippen molar-refractivity contribution in [3.05, 3.63) is 276 Å². The first-order valence-electron chi connectivity index (χ1n) is 36.0. The maximum absolute atomic E-state index is 4.71. The molecule has 0 aromatic carbocycles. The Kier molecular flexibility index (Phi) is 18.8. The molecular formula is C90H96N12. The zero-order chi connectivity index (χ0) is 72.9. The van der Waals surface area contributed by atoms with Gasteiger partial charge in [-0.3, -0.25) is 59.8 Å². The number of hydrogen-bond donors (Lipinski definition) is 0. The molecular weight excluding hydrogens is 1250 g/mol. The monoisotopic (exact) mass is 1340 g/mol. The first kappa shape index (κ1) is 70.2. The summed E-state index contributed by atoms with van der Waals surface area (Å²) in [7, 11) is 0. The summed E-state index contributed by atoms with van der Waals surface area (Å²) in [4.78, 5) is 55.1. The Labute approximate surface area is 604 Å². The normalized spacial score (nSPS) is 12.5. The third-order valence-corrected chi connectivity index (χ3v) is 22.9. The summed E-state index contributed by atoms with van der Waals surface area (Å²) in [5.41, 5.74) is 60.5. The van der Waals surface area contributed by atoms with E-state index in [4.69, 9.17) is 4.98 Å². The maximum atomic E-state index is 4.71. The Morgan fingerprint density at radius 1 is 0.216 bits per heavy atom. The van der Waals surface area contributed by atoms with E-state index < -0.39 is 0 Å². The van der Waals surface area contributed by atoms with Gasteiger partial charge in [0.05, 0.1) is 34.2 Å². The number of fused-ring (bicyclic) bond motifs is 18. The lowest BCUT2D eigenvalue weighted by atomic mass is 9.98. The van der Waals surface area contributed by atoms with E-state index in [1.807, 2.05) is 44.1 Å². The van der Waals surface area contributed by atoms with Gasteiger partial charge in [-0.2, -0.15) is 0 Å². The Bertz CT molecular complexity index is 5520. The number of aryl methyl sites for hydroxylation is 17. The van der Waals surface area contributed by atoms with Crippen molar-refractivity contribution in [2.75, 3.05) is 0 Å². The van der Waals surface area contributed by atoms with Crippen molar-refractivity contribution in [1.29, 1.82) is 0 Å². The van der Waals surface area contributed by atoms with Crippen molar-refractivity contribution in [3.8, 4) is 66.8 Å². The van der Waals surface area contributed by atoms with Gasteiger partial charge in [0.2, 0.25) is 0 Å². The van der Waals surface area contributed by atoms with E-state index in [1.54, 1.807) is 0 Å². The molecule has 12 aromatic heterocycles. The predicted octanol–water partition coefficient (Wildman–Crippen LogP) is 19.7. The standard InChI is InChI=1S/6C15H16N2/c1-8-6-17-14-5-12-10(3)11(4)16-7-13(12)15(14)9(8)2;1-8-5-13-14-7-16-11(4)9(2)12(14)6-15(13)17-10(8)3;1-8-5-9(2)17-14-6-12-10(3)11(4)16-7-13(12)15(8)14;1-8-5-13-14(16-7-8)6-12-9(2)10(3)17-11(4)15(12)13;1-8-5-6-16-13-7-12-9(2)10(3)17-11(4)15(12)14(8)13;1-8-5-6-12-14(16-8)7-13-9(2)10(3)17-11(4)15(12)13/h6-7H,5H2,1-4H3;3*5,7H,6H2,1-4H3;2*5-6H,7H2,1-4H3. The Morgan fingerprint density at radius 2 is 0.667 bits per heavy atom. The fraction of sp³-hybridized carbons (Fsp3) is 0.333. The highest BCUT2D eigenvalue weighted by Gasteiger charge is 2.31. The fourth-order valence-corrected chi connectivity index (χ4v) is 16.2. The second-order valence-electron chi connectivity index (χ2n) is 29.5. The summed E-state index contributed by atoms with van der Waals surface area (Å²) in [6.07, 6.45) is 17.6. The summed E-state index contributed by atoms with van der Waals surface area (Å²) in [5.74, 6) is 0. The SMILES string of the molecule is Cc1cc(C)c2c(n1)Cc1c-2cnc(C)c1C.Cc1cc2c(nc1C)Cc1c-2cnc(C)c1C.Cc1ccc2c(n1)Cc1c(C)c(C)nc(C)c1-2.Cc1ccnc2c1-c1c(C)nc(C)c(C)c1C2.Cc1cnc2c(c1)-c1c(C)nc(C)c(C)c1C2.Cc1cnc2c(c1C)-c1cnc(C)c(C)c1C2. The molecule has 0 spiro atoms. The Morgan fingerprint density at radius 3 is 1.27 bits per heavy atom. The first-order valence-corrected chi connectivity index (χ1v) is 36.0. The van der Waals surface area contributed by atoms with Crippen molar-refractivity contribution in [3.63, 3.8) is 0 Å². The molecule has 0 fully saturated rings. The summed E-state index contributed by atoms with van der Waals surface area (Å²) < 4.78 is 0. The summed E-state index contributed by atoms with van der Waals surface area (Å²) >= 11 is 0. The van der Waals surface area contributed by atoms with Gasteiger partial charge in [0.15, 0.2) is 0 Å². The molecule has 18 rings (SSSR count). The highest BCUT2D eigenvalue weighted by Crippen LogP contribution is 2.46. The van der Waals surface area contributed by atoms with Crippen molar-refractivity contribution in [1.82, 2.24) is 59.8 Å². The molecule has 0 atom stereocenters. The Hall–Kier alpha value is -10.2. The van der Waals surface area contributed by atoms with Crippen LogP contribution in [0.1, 0.15) is 203 Å². The van der Waals surface area contributed by atoms with Gasteiger partial charge in [0, 0.05) is 211 Å². The van der Waals surface area contributed by atoms with E-state index in [0.717, 1.165) is 107 Å². The van der Waals surface area contributed by atoms with Crippen LogP contribution in [0.3, 0.4) is 0 Å². The summed E-state index contributed by atoms with van der Waals surface area (Å²) in [6.45, 7) is 50.8. The summed E-state index contributed by atoms with van der Waals surface area (Å²) in [6, 6.07) is 13.0. The molecule has 12 heteroatoms. The minimum atomic E-state index is 0.959. The average molecular weight is 1350 g/mol. The second kappa shape index (κ2) is 27.3. The number of pyridine rings is 12. The van der Waals surface area contributed by atoms with Gasteiger partial charge in [0.1, 0.15) is 0 Å². The third kappa shape index (κ3) is 12.5. The molecule has 0 amide bonds. The molecule has 12 heterocycles. The van der Waals surface area contributed by atoms with Crippen LogP contribution in [0, 0.1) is 166 Å². The maximum Gasteiger partial charge on any atom is 0.0532 e. The van der Waals surface area contributed by atoms with E-state index in [9.17, 15) is 0 Å². The molecule has 0 saturated heterocycles. The molecule has 0 unspecified atom stereocenters. The molecule has 516 valence electrons. The lowest BCUT2D eigenvalue weighted by Gasteiger charge is -2.11. The van der Waals surface area contributed by atoms with Crippen LogP contribution in [0.25, 0.3) is 66.8 Å². The van der Waals surface area contributed by atoms with Crippen LogP contribution in [-0.4, -0.2) is 59.8 Å². The van der Waals surface area contributed by atoms with Crippen molar-refractivity contribution >= 4 is 0 Å². The van der Waals surface area contributed by atoms with Crippen LogP contribution in [0.2, 0.25) is 0 Å². The van der Waals surface area contributed by atoms with Gasteiger partial charge in [0.25, 0.3) is 0 Å². The quantitative estimate of drug-likeness (QED) is 0.142. The van der Waals surface area contributed by atoms with Gasteiger partial charge < -0.3 is 0 Å². The average Bonchev–Trinajstić information content (AvgIpc) is 2.36. The lowest BCUT2D eigenvalue weighted by molar-refractivity contribution is 1.04. The van der Waals surface area contributed by atoms with Gasteiger partial charge in [-0.1, -0.05) is 6.07 Å². The van der Waals surface area contributed by atoms with Crippen LogP contribution < -0.4 is 0 Å². The minimum Gasteiger partial charge on any atom is -0.261 e. The van der Waals surface area contributed by atoms with E-state index in [1.165, 1.54) is 201 Å². The van der Waals surface area contributed by atoms with Crippen LogP contribution in [0.5, 0.6) is 0 Å². The molecule has 0 aliphatic heterocycles. The molecule has 0 radical (unpaired) electrons. The van der Waals surface area contributed by atoms with Gasteiger partial charge in [-0.25, -0.2) is 0 Å². The molecule has 0 N–H and O–H groups in total. The molecule has 6 aliphatic rings. The number of hydrogen-bond acceptors (Lipinski definition) is 12. The van der Waals surface area contributed by atoms with Crippen molar-refractivity contribution in [2.45, 2.75) is 205 Å². The smallest absolute Gasteiger partial charge is 0.0532 e. The molecule has 0 bridgehead atoms. The van der Waals surface area contributed by atoms with E-state index in [-0.39, 0.29) is 0 Å². The fourth-order valence-electron chi connectivity index (χ4n) is 16.2. The molecule has 12 aromatic rings. The lowest BCUT2D eigenvalue weighted by Crippen LogP contribution is -1.98. The van der Waals surface area contributed by atoms with E-state index in [0.29, 0.717) is 0 Å². The molecule has 102 heavy (non-hydrogen) atoms. The minimum absolute atomic E-state index is 0.959. The Balaban J connectivity index is 0.000000109. The van der Waals surface area contributed by atoms with Crippen LogP contribution in [-0.2, 0) is 38.5 Å². The number of aromatic nitrogens is 12. The summed E-state index contributed by atoms with van der Waals surface area (Å²) in [5, 5.41) is 0. The van der Waals surface area contributed by atoms with E-state index in [2.05, 4.69) is 250 Å². The molecule has 0 saturated carbocycles. The predicted molar refractivity (Wildman–Crippen MR) is 415 cm³/mol. The number of nitrogens with zero attached hydrogens (tertiary/aromatic N) is 12. The van der Waals surface area contributed by atoms with Gasteiger partial charge in [-0.05, 0) is 297 Å². The third-order valence-electron chi connectivity index (χ3n) is 22.9. The van der Waals surface area contributed by atoms with Gasteiger partial charge in [-0.15, -0.1) is 0 Å². The molecule has 6 aliphatic carbocycles. The first-order chi connectivity index (χ1) is 48.5. The zero-order valence-corrected chi connectivity index (χ0v) is 64.5.